The minimum atomic E-state index is -0.241. The van der Waals surface area contributed by atoms with E-state index in [9.17, 15) is 0 Å². The summed E-state index contributed by atoms with van der Waals surface area (Å²) >= 11 is 0. The van der Waals surface area contributed by atoms with Gasteiger partial charge in [0.05, 0.1) is 23.4 Å². The molecule has 0 unspecified atom stereocenters. The van der Waals surface area contributed by atoms with E-state index in [1.807, 2.05) is 12.3 Å². The van der Waals surface area contributed by atoms with Crippen LogP contribution >= 0.6 is 0 Å². The molecule has 0 atom stereocenters. The molecular weight excluding hydrogens is 865 g/mol. The maximum atomic E-state index is 6.89. The van der Waals surface area contributed by atoms with Gasteiger partial charge in [-0.05, 0) is 111 Å². The van der Waals surface area contributed by atoms with Crippen molar-refractivity contribution in [2.24, 2.45) is 0 Å². The Morgan fingerprint density at radius 2 is 1.04 bits per heavy atom. The lowest BCUT2D eigenvalue weighted by molar-refractivity contribution is 0.483. The fourth-order valence-corrected chi connectivity index (χ4v) is 10.2. The number of nitrogens with zero attached hydrogens (tertiary/aromatic N) is 4. The van der Waals surface area contributed by atoms with Crippen molar-refractivity contribution >= 4 is 38.9 Å². The van der Waals surface area contributed by atoms with Gasteiger partial charge in [-0.25, -0.2) is 4.98 Å². The van der Waals surface area contributed by atoms with Crippen molar-refractivity contribution in [3.8, 4) is 28.4 Å². The zero-order valence-electron chi connectivity index (χ0n) is 41.8. The summed E-state index contributed by atoms with van der Waals surface area (Å²) in [5.41, 5.74) is 14.8. The van der Waals surface area contributed by atoms with E-state index in [4.69, 9.17) is 9.72 Å². The first kappa shape index (κ1) is 45.3. The molecule has 0 aliphatic carbocycles. The first-order valence-corrected chi connectivity index (χ1v) is 24.8. The molecule has 0 saturated carbocycles. The first-order chi connectivity index (χ1) is 34.3. The Labute approximate surface area is 419 Å². The van der Waals surface area contributed by atoms with Gasteiger partial charge in [-0.2, -0.15) is 0 Å². The van der Waals surface area contributed by atoms with Crippen molar-refractivity contribution in [3.63, 3.8) is 0 Å². The number of aromatic nitrogens is 2. The minimum Gasteiger partial charge on any atom is -0.457 e. The molecule has 10 aromatic rings. The number of rotatable bonds is 11. The molecule has 2 aromatic heterocycles. The second kappa shape index (κ2) is 18.0. The normalized spacial score (nSPS) is 13.3. The average Bonchev–Trinajstić information content (AvgIpc) is 3.99. The van der Waals surface area contributed by atoms with Gasteiger partial charge >= 0.3 is 0 Å². The quantitative estimate of drug-likeness (QED) is 0.129. The summed E-state index contributed by atoms with van der Waals surface area (Å²) in [5, 5.41) is 2.32. The van der Waals surface area contributed by atoms with Gasteiger partial charge in [0.1, 0.15) is 17.3 Å². The Morgan fingerprint density at radius 1 is 0.423 bits per heavy atom. The topological polar surface area (TPSA) is 33.5 Å². The number of hydrogen-bond acceptors (Lipinski definition) is 4. The summed E-state index contributed by atoms with van der Waals surface area (Å²) in [4.78, 5) is 9.84. The summed E-state index contributed by atoms with van der Waals surface area (Å²) in [5.74, 6) is 2.37. The Bertz CT molecular complexity index is 3570. The van der Waals surface area contributed by atoms with Crippen LogP contribution in [0.1, 0.15) is 81.8 Å². The van der Waals surface area contributed by atoms with E-state index in [1.165, 1.54) is 44.3 Å². The molecule has 0 bridgehead atoms. The van der Waals surface area contributed by atoms with Crippen LogP contribution in [0.15, 0.2) is 225 Å². The second-order valence-electron chi connectivity index (χ2n) is 21.0. The number of benzene rings is 8. The van der Waals surface area contributed by atoms with Crippen LogP contribution in [0.25, 0.3) is 44.4 Å². The highest BCUT2D eigenvalue weighted by Crippen LogP contribution is 2.43. The van der Waals surface area contributed by atoms with Gasteiger partial charge in [0.25, 0.3) is 0 Å². The largest absolute Gasteiger partial charge is 0.457 e. The van der Waals surface area contributed by atoms with E-state index >= 15 is 0 Å². The van der Waals surface area contributed by atoms with Crippen LogP contribution < -0.4 is 14.5 Å². The smallest absolute Gasteiger partial charge is 0.137 e. The van der Waals surface area contributed by atoms with Gasteiger partial charge in [-0.15, -0.1) is 0 Å². The zero-order valence-corrected chi connectivity index (χ0v) is 41.8. The highest BCUT2D eigenvalue weighted by atomic mass is 16.5. The molecule has 1 aliphatic heterocycles. The maximum absolute atomic E-state index is 6.89. The van der Waals surface area contributed by atoms with Gasteiger partial charge in [0.2, 0.25) is 0 Å². The van der Waals surface area contributed by atoms with Gasteiger partial charge in [0.15, 0.2) is 0 Å². The van der Waals surface area contributed by atoms with Crippen LogP contribution in [0.4, 0.5) is 11.4 Å². The highest BCUT2D eigenvalue weighted by Gasteiger charge is 2.29. The van der Waals surface area contributed by atoms with Crippen LogP contribution in [0.2, 0.25) is 0 Å². The third-order valence-corrected chi connectivity index (χ3v) is 14.7. The lowest BCUT2D eigenvalue weighted by Crippen LogP contribution is -2.26. The summed E-state index contributed by atoms with van der Waals surface area (Å²) in [6, 6.07) is 76.3. The van der Waals surface area contributed by atoms with Crippen molar-refractivity contribution in [2.45, 2.75) is 64.7 Å². The van der Waals surface area contributed by atoms with Crippen molar-refractivity contribution < 1.29 is 4.74 Å². The number of anilines is 2. The summed E-state index contributed by atoms with van der Waals surface area (Å²) in [7, 11) is 0. The summed E-state index contributed by atoms with van der Waals surface area (Å²) in [6.45, 7) is 16.7. The van der Waals surface area contributed by atoms with Gasteiger partial charge < -0.3 is 14.5 Å². The molecule has 0 amide bonds. The molecule has 0 radical (unpaired) electrons. The molecule has 3 heterocycles. The Morgan fingerprint density at radius 3 is 1.70 bits per heavy atom. The lowest BCUT2D eigenvalue weighted by atomic mass is 9.78. The number of pyridine rings is 1. The van der Waals surface area contributed by atoms with Crippen molar-refractivity contribution in [3.05, 3.63) is 258 Å². The third-order valence-electron chi connectivity index (χ3n) is 14.7. The number of fused-ring (bicyclic) bond motifs is 3. The highest BCUT2D eigenvalue weighted by molar-refractivity contribution is 6.10. The predicted molar refractivity (Wildman–Crippen MR) is 297 cm³/mol. The molecular formula is C66H60N4O. The van der Waals surface area contributed by atoms with E-state index in [0.29, 0.717) is 6.67 Å². The molecule has 5 heteroatoms. The van der Waals surface area contributed by atoms with Crippen LogP contribution in [-0.2, 0) is 16.2 Å². The number of ether oxygens (including phenoxy) is 1. The third kappa shape index (κ3) is 8.67. The molecule has 5 nitrogen and oxygen atoms in total. The van der Waals surface area contributed by atoms with Crippen molar-refractivity contribution in [1.82, 2.24) is 9.55 Å². The SMILES string of the molecule is CC(C)(C)c1cc(-c2ccccc2)cc(N2CN(c3cccc(Oc4ccc5c6cc(C(C)(C)c7ccccc7)ccc6n(-c6cc(C(C)(C)c7ccccc7)ccn6)c5c4)c3)C=C2c2ccccc2)c1. The van der Waals surface area contributed by atoms with Crippen LogP contribution in [0.5, 0.6) is 11.5 Å². The Kier molecular flexibility index (Phi) is 11.5. The van der Waals surface area contributed by atoms with Crippen molar-refractivity contribution in [1.29, 1.82) is 0 Å². The van der Waals surface area contributed by atoms with E-state index in [2.05, 4.69) is 275 Å². The van der Waals surface area contributed by atoms with Gasteiger partial charge in [-0.1, -0.05) is 188 Å². The number of hydrogen-bond donors (Lipinski definition) is 0. The first-order valence-electron chi connectivity index (χ1n) is 24.8. The molecule has 350 valence electrons. The Balaban J connectivity index is 0.978. The molecule has 0 N–H and O–H groups in total. The van der Waals surface area contributed by atoms with E-state index in [-0.39, 0.29) is 16.2 Å². The van der Waals surface area contributed by atoms with Gasteiger partial charge in [0, 0.05) is 57.5 Å². The van der Waals surface area contributed by atoms with E-state index < -0.39 is 0 Å². The van der Waals surface area contributed by atoms with Crippen LogP contribution in [-0.4, -0.2) is 16.2 Å². The summed E-state index contributed by atoms with van der Waals surface area (Å²) < 4.78 is 9.20. The standard InChI is InChI=1S/C66H60N4O/c1-64(2,3)53-37-48(46-21-12-8-13-22-46)38-55(39-53)69-45-68(44-62(69)47-23-14-9-15-24-47)54-29-20-30-56(42-54)71-57-32-33-58-59-40-51(65(4,5)49-25-16-10-17-26-49)31-34-60(59)70(61(58)43-57)63-41-52(35-36-67-63)66(6,7)50-27-18-11-19-28-50/h8-44H,45H2,1-7H3. The zero-order chi connectivity index (χ0) is 48.9. The van der Waals surface area contributed by atoms with Gasteiger partial charge in [-0.3, -0.25) is 4.57 Å². The van der Waals surface area contributed by atoms with Crippen molar-refractivity contribution in [2.75, 3.05) is 16.5 Å². The molecule has 71 heavy (non-hydrogen) atoms. The fraction of sp³-hybridized carbons (Fsp3) is 0.167. The van der Waals surface area contributed by atoms with Crippen LogP contribution in [0.3, 0.4) is 0 Å². The summed E-state index contributed by atoms with van der Waals surface area (Å²) in [6.07, 6.45) is 4.23. The fourth-order valence-electron chi connectivity index (χ4n) is 10.2. The van der Waals surface area contributed by atoms with E-state index in [0.717, 1.165) is 56.4 Å². The maximum Gasteiger partial charge on any atom is 0.137 e. The molecule has 1 aliphatic rings. The molecule has 0 spiro atoms. The molecule has 0 saturated heterocycles. The molecule has 8 aromatic carbocycles. The predicted octanol–water partition coefficient (Wildman–Crippen LogP) is 16.9. The Hall–Kier alpha value is -8.15. The average molecular weight is 925 g/mol. The monoisotopic (exact) mass is 924 g/mol. The lowest BCUT2D eigenvalue weighted by Gasteiger charge is -2.28. The van der Waals surface area contributed by atoms with E-state index in [1.54, 1.807) is 0 Å². The molecule has 11 rings (SSSR count). The van der Waals surface area contributed by atoms with Crippen LogP contribution in [0, 0.1) is 0 Å². The molecule has 0 fully saturated rings. The second-order valence-corrected chi connectivity index (χ2v) is 21.0. The minimum absolute atomic E-state index is 0.0410.